The fourth-order valence-electron chi connectivity index (χ4n) is 8.87. The number of allylic oxidation sites excluding steroid dienone is 13. The van der Waals surface area contributed by atoms with Gasteiger partial charge in [0.1, 0.15) is 0 Å². The zero-order chi connectivity index (χ0) is 49.2. The van der Waals surface area contributed by atoms with Crippen molar-refractivity contribution in [2.24, 2.45) is 0 Å². The van der Waals surface area contributed by atoms with Crippen LogP contribution in [-0.4, -0.2) is 34.9 Å². The highest BCUT2D eigenvalue weighted by Gasteiger charge is 2.18. The Kier molecular flexibility index (Phi) is 56.8. The molecule has 0 radical (unpaired) electrons. The van der Waals surface area contributed by atoms with Crippen LogP contribution in [0.25, 0.3) is 0 Å². The average Bonchev–Trinajstić information content (AvgIpc) is 3.34. The highest BCUT2D eigenvalue weighted by Crippen LogP contribution is 2.17. The van der Waals surface area contributed by atoms with Crippen molar-refractivity contribution in [2.75, 3.05) is 6.61 Å². The van der Waals surface area contributed by atoms with Crippen LogP contribution in [0.15, 0.2) is 85.1 Å². The summed E-state index contributed by atoms with van der Waals surface area (Å²) in [6, 6.07) is -0.642. The van der Waals surface area contributed by atoms with Crippen LogP contribution >= 0.6 is 0 Å². The number of carbonyl (C=O) groups is 1. The molecule has 0 aromatic carbocycles. The molecule has 0 spiro atoms. The molecule has 3 N–H and O–H groups in total. The number of nitrogens with one attached hydrogen (secondary N) is 1. The Labute approximate surface area is 424 Å². The Bertz CT molecular complexity index is 1210. The maximum absolute atomic E-state index is 12.5. The third-order valence-electron chi connectivity index (χ3n) is 13.4. The van der Waals surface area contributed by atoms with Crippen molar-refractivity contribution >= 4 is 5.91 Å². The van der Waals surface area contributed by atoms with Gasteiger partial charge in [-0.15, -0.1) is 0 Å². The summed E-state index contributed by atoms with van der Waals surface area (Å²) in [5, 5.41) is 23.2. The van der Waals surface area contributed by atoms with Gasteiger partial charge in [0.2, 0.25) is 5.91 Å². The lowest BCUT2D eigenvalue weighted by atomic mass is 10.0. The first-order chi connectivity index (χ1) is 33.7. The molecule has 0 saturated carbocycles. The van der Waals surface area contributed by atoms with Crippen LogP contribution in [0.3, 0.4) is 0 Å². The third-order valence-corrected chi connectivity index (χ3v) is 13.4. The van der Waals surface area contributed by atoms with Crippen molar-refractivity contribution in [3.05, 3.63) is 85.1 Å². The van der Waals surface area contributed by atoms with Crippen LogP contribution in [0.5, 0.6) is 0 Å². The number of aliphatic hydroxyl groups is 2. The minimum absolute atomic E-state index is 0.0716. The first-order valence-electron chi connectivity index (χ1n) is 29.8. The van der Waals surface area contributed by atoms with E-state index in [-0.39, 0.29) is 12.5 Å². The van der Waals surface area contributed by atoms with Gasteiger partial charge in [0.15, 0.2) is 0 Å². The number of hydrogen-bond donors (Lipinski definition) is 3. The van der Waals surface area contributed by atoms with E-state index in [9.17, 15) is 15.0 Å². The van der Waals surface area contributed by atoms with E-state index in [1.165, 1.54) is 212 Å². The highest BCUT2D eigenvalue weighted by molar-refractivity contribution is 5.76. The maximum atomic E-state index is 12.5. The topological polar surface area (TPSA) is 69.6 Å². The Hall–Kier alpha value is -2.43. The van der Waals surface area contributed by atoms with E-state index in [1.54, 1.807) is 6.08 Å². The Balaban J connectivity index is 3.50. The smallest absolute Gasteiger partial charge is 0.220 e. The van der Waals surface area contributed by atoms with Crippen LogP contribution in [0, 0.1) is 0 Å². The summed E-state index contributed by atoms with van der Waals surface area (Å²) >= 11 is 0. The van der Waals surface area contributed by atoms with Gasteiger partial charge < -0.3 is 15.5 Å². The fraction of sp³-hybridized carbons (Fsp3) is 0.766. The molecule has 4 heteroatoms. The summed E-state index contributed by atoms with van der Waals surface area (Å²) in [4.78, 5) is 12.5. The van der Waals surface area contributed by atoms with Crippen LogP contribution in [-0.2, 0) is 4.79 Å². The third kappa shape index (κ3) is 54.5. The maximum Gasteiger partial charge on any atom is 0.220 e. The summed E-state index contributed by atoms with van der Waals surface area (Å²) in [6.45, 7) is 4.20. The minimum Gasteiger partial charge on any atom is -0.394 e. The lowest BCUT2D eigenvalue weighted by molar-refractivity contribution is -0.123. The van der Waals surface area contributed by atoms with Crippen LogP contribution in [0.1, 0.15) is 296 Å². The predicted molar refractivity (Wildman–Crippen MR) is 303 cm³/mol. The van der Waals surface area contributed by atoms with Gasteiger partial charge in [0.25, 0.3) is 0 Å². The molecule has 0 aliphatic heterocycles. The molecule has 2 atom stereocenters. The molecule has 0 heterocycles. The molecule has 2 unspecified atom stereocenters. The van der Waals surface area contributed by atoms with Crippen molar-refractivity contribution in [3.8, 4) is 0 Å². The van der Waals surface area contributed by atoms with E-state index >= 15 is 0 Å². The Morgan fingerprint density at radius 1 is 0.368 bits per heavy atom. The minimum atomic E-state index is -0.865. The van der Waals surface area contributed by atoms with Gasteiger partial charge in [-0.1, -0.05) is 298 Å². The summed E-state index contributed by atoms with van der Waals surface area (Å²) in [5.74, 6) is -0.0716. The van der Waals surface area contributed by atoms with E-state index in [0.29, 0.717) is 6.42 Å². The Morgan fingerprint density at radius 3 is 1.03 bits per heavy atom. The first-order valence-corrected chi connectivity index (χ1v) is 29.8. The van der Waals surface area contributed by atoms with Crippen LogP contribution in [0.2, 0.25) is 0 Å². The van der Waals surface area contributed by atoms with Gasteiger partial charge in [0, 0.05) is 6.42 Å². The molecule has 1 amide bonds. The molecule has 0 aromatic rings. The number of aliphatic hydroxyl groups excluding tert-OH is 2. The molecule has 394 valence electrons. The average molecular weight is 947 g/mol. The molecule has 68 heavy (non-hydrogen) atoms. The zero-order valence-electron chi connectivity index (χ0n) is 45.4. The lowest BCUT2D eigenvalue weighted by Crippen LogP contribution is -2.45. The second-order valence-corrected chi connectivity index (χ2v) is 20.0. The normalized spacial score (nSPS) is 13.4. The number of rotatable bonds is 54. The first kappa shape index (κ1) is 65.6. The second-order valence-electron chi connectivity index (χ2n) is 20.0. The van der Waals surface area contributed by atoms with Crippen LogP contribution < -0.4 is 5.32 Å². The monoisotopic (exact) mass is 946 g/mol. The fourth-order valence-corrected chi connectivity index (χ4v) is 8.87. The van der Waals surface area contributed by atoms with Gasteiger partial charge >= 0.3 is 0 Å². The van der Waals surface area contributed by atoms with Crippen molar-refractivity contribution in [1.82, 2.24) is 5.32 Å². The van der Waals surface area contributed by atoms with Gasteiger partial charge in [-0.05, 0) is 77.0 Å². The summed E-state index contributed by atoms with van der Waals surface area (Å²) in [5.41, 5.74) is 0. The van der Waals surface area contributed by atoms with Gasteiger partial charge in [0.05, 0.1) is 18.8 Å². The quantitative estimate of drug-likeness (QED) is 0.0420. The largest absolute Gasteiger partial charge is 0.394 e. The SMILES string of the molecule is CC/C=C\C/C=C\C/C=C\C/C=C\C/C=C\CCCCCCCCCCCCCCCCCCCCCC(=O)NC(CO)C(O)/C=C/CC/C=C/CCCCCCCCCCCCCCCCC. The van der Waals surface area contributed by atoms with Gasteiger partial charge in [-0.25, -0.2) is 0 Å². The molecule has 0 bridgehead atoms. The summed E-state index contributed by atoms with van der Waals surface area (Å²) < 4.78 is 0. The molecular weight excluding hydrogens is 831 g/mol. The Morgan fingerprint density at radius 2 is 0.662 bits per heavy atom. The van der Waals surface area contributed by atoms with Crippen molar-refractivity contribution in [3.63, 3.8) is 0 Å². The highest BCUT2D eigenvalue weighted by atomic mass is 16.3. The molecule has 0 aromatic heterocycles. The predicted octanol–water partition coefficient (Wildman–Crippen LogP) is 19.9. The van der Waals surface area contributed by atoms with Crippen molar-refractivity contribution < 1.29 is 15.0 Å². The van der Waals surface area contributed by atoms with E-state index < -0.39 is 12.1 Å². The molecule has 4 nitrogen and oxygen atoms in total. The number of amides is 1. The summed E-state index contributed by atoms with van der Waals surface area (Å²) in [6.07, 6.45) is 86.2. The van der Waals surface area contributed by atoms with E-state index in [4.69, 9.17) is 0 Å². The lowest BCUT2D eigenvalue weighted by Gasteiger charge is -2.19. The van der Waals surface area contributed by atoms with E-state index in [0.717, 1.165) is 64.2 Å². The molecule has 0 fully saturated rings. The van der Waals surface area contributed by atoms with Crippen LogP contribution in [0.4, 0.5) is 0 Å². The standard InChI is InChI=1S/C64H115NO3/c1-3-5-7-9-11-13-15-17-19-21-23-25-26-27-28-29-30-31-32-33-34-35-36-37-38-40-42-44-46-48-50-52-54-56-58-60-64(68)65-62(61-66)63(67)59-57-55-53-51-49-47-45-43-41-39-24-22-20-18-16-14-12-10-8-6-4-2/h5,7,11,13,17,19,23,25,27-28,49,51,57,59,62-63,66-67H,3-4,6,8-10,12,14-16,18,20-22,24,26,29-48,50,52-56,58,60-61H2,1-2H3,(H,65,68)/b7-5-,13-11-,19-17-,25-23-,28-27-,51-49+,59-57+. The molecule has 0 rings (SSSR count). The molecule has 0 aliphatic rings. The second kappa shape index (κ2) is 58.9. The van der Waals surface area contributed by atoms with E-state index in [1.807, 2.05) is 6.08 Å². The molecular formula is C64H115NO3. The zero-order valence-corrected chi connectivity index (χ0v) is 45.4. The number of hydrogen-bond acceptors (Lipinski definition) is 3. The van der Waals surface area contributed by atoms with Gasteiger partial charge in [-0.3, -0.25) is 4.79 Å². The van der Waals surface area contributed by atoms with Gasteiger partial charge in [-0.2, -0.15) is 0 Å². The van der Waals surface area contributed by atoms with Crippen molar-refractivity contribution in [1.29, 1.82) is 0 Å². The summed E-state index contributed by atoms with van der Waals surface area (Å²) in [7, 11) is 0. The number of unbranched alkanes of at least 4 members (excludes halogenated alkanes) is 35. The molecule has 0 saturated heterocycles. The number of carbonyl (C=O) groups excluding carboxylic acids is 1. The van der Waals surface area contributed by atoms with Crippen molar-refractivity contribution in [2.45, 2.75) is 309 Å². The van der Waals surface area contributed by atoms with E-state index in [2.05, 4.69) is 92.1 Å². The molecule has 0 aliphatic carbocycles.